The van der Waals surface area contributed by atoms with Gasteiger partial charge in [0.1, 0.15) is 5.75 Å². The normalized spacial score (nSPS) is 15.6. The minimum absolute atomic E-state index is 0.101. The minimum Gasteiger partial charge on any atom is -0.496 e. The van der Waals surface area contributed by atoms with Crippen LogP contribution >= 0.6 is 0 Å². The summed E-state index contributed by atoms with van der Waals surface area (Å²) in [4.78, 5) is 17.6. The van der Waals surface area contributed by atoms with Crippen LogP contribution in [0.4, 0.5) is 5.69 Å². The van der Waals surface area contributed by atoms with Gasteiger partial charge >= 0.3 is 0 Å². The number of methoxy groups -OCH3 is 1. The first-order chi connectivity index (χ1) is 14.6. The van der Waals surface area contributed by atoms with E-state index in [4.69, 9.17) is 4.74 Å². The summed E-state index contributed by atoms with van der Waals surface area (Å²) in [5.41, 5.74) is 1.86. The van der Waals surface area contributed by atoms with Crippen molar-refractivity contribution in [1.29, 1.82) is 0 Å². The molecule has 8 heteroatoms. The number of nitro benzene ring substituents is 1. The number of para-hydroxylation sites is 2. The summed E-state index contributed by atoms with van der Waals surface area (Å²) in [6, 6.07) is 15.0. The van der Waals surface area contributed by atoms with Gasteiger partial charge in [0.15, 0.2) is 5.96 Å². The maximum Gasteiger partial charge on any atom is 0.274 e. The van der Waals surface area contributed by atoms with E-state index in [0.717, 1.165) is 24.4 Å². The van der Waals surface area contributed by atoms with Gasteiger partial charge in [-0.25, -0.2) is 0 Å². The summed E-state index contributed by atoms with van der Waals surface area (Å²) in [5, 5.41) is 17.8. The van der Waals surface area contributed by atoms with Crippen LogP contribution in [0.25, 0.3) is 0 Å². The highest BCUT2D eigenvalue weighted by Crippen LogP contribution is 2.31. The lowest BCUT2D eigenvalue weighted by Crippen LogP contribution is -2.42. The Morgan fingerprint density at radius 3 is 2.57 bits per heavy atom. The van der Waals surface area contributed by atoms with Crippen molar-refractivity contribution in [3.05, 3.63) is 69.8 Å². The first-order valence-corrected chi connectivity index (χ1v) is 10.2. The Kier molecular flexibility index (Phi) is 7.62. The highest BCUT2D eigenvalue weighted by molar-refractivity contribution is 5.79. The molecule has 3 rings (SSSR count). The van der Waals surface area contributed by atoms with E-state index in [-0.39, 0.29) is 16.7 Å². The average Bonchev–Trinajstić information content (AvgIpc) is 3.31. The molecular weight excluding hydrogens is 382 g/mol. The lowest BCUT2D eigenvalue weighted by Gasteiger charge is -2.30. The van der Waals surface area contributed by atoms with Crippen molar-refractivity contribution in [3.63, 3.8) is 0 Å². The number of hydrogen-bond donors (Lipinski definition) is 2. The van der Waals surface area contributed by atoms with Crippen molar-refractivity contribution in [2.75, 3.05) is 33.8 Å². The quantitative estimate of drug-likeness (QED) is 0.300. The lowest BCUT2D eigenvalue weighted by atomic mass is 10.0. The van der Waals surface area contributed by atoms with Gasteiger partial charge in [-0.2, -0.15) is 0 Å². The molecule has 1 saturated heterocycles. The second kappa shape index (κ2) is 10.6. The zero-order valence-corrected chi connectivity index (χ0v) is 17.5. The van der Waals surface area contributed by atoms with Crippen LogP contribution in [0.2, 0.25) is 0 Å². The van der Waals surface area contributed by atoms with E-state index >= 15 is 0 Å². The van der Waals surface area contributed by atoms with Gasteiger partial charge in [0.25, 0.3) is 5.69 Å². The summed E-state index contributed by atoms with van der Waals surface area (Å²) >= 11 is 0. The topological polar surface area (TPSA) is 92.0 Å². The molecule has 0 radical (unpaired) electrons. The van der Waals surface area contributed by atoms with Crippen LogP contribution in [0.15, 0.2) is 53.5 Å². The Hall–Kier alpha value is -3.13. The van der Waals surface area contributed by atoms with E-state index in [1.807, 2.05) is 18.2 Å². The number of hydrogen-bond acceptors (Lipinski definition) is 5. The molecule has 2 N–H and O–H groups in total. The lowest BCUT2D eigenvalue weighted by molar-refractivity contribution is -0.385. The van der Waals surface area contributed by atoms with Gasteiger partial charge in [0.05, 0.1) is 18.1 Å². The molecule has 0 saturated carbocycles. The Bertz CT molecular complexity index is 881. The molecule has 1 aliphatic heterocycles. The highest BCUT2D eigenvalue weighted by atomic mass is 16.6. The van der Waals surface area contributed by atoms with E-state index in [0.29, 0.717) is 24.6 Å². The number of nitrogens with zero attached hydrogens (tertiary/aromatic N) is 3. The Morgan fingerprint density at radius 2 is 1.87 bits per heavy atom. The molecule has 1 heterocycles. The molecule has 1 fully saturated rings. The molecule has 1 aliphatic rings. The predicted molar refractivity (Wildman–Crippen MR) is 118 cm³/mol. The second-order valence-electron chi connectivity index (χ2n) is 7.19. The fourth-order valence-corrected chi connectivity index (χ4v) is 3.86. The number of guanidine groups is 1. The molecule has 0 bridgehead atoms. The molecule has 1 atom stereocenters. The third-order valence-corrected chi connectivity index (χ3v) is 5.40. The highest BCUT2D eigenvalue weighted by Gasteiger charge is 2.26. The molecule has 1 unspecified atom stereocenters. The van der Waals surface area contributed by atoms with Crippen molar-refractivity contribution in [1.82, 2.24) is 15.5 Å². The van der Waals surface area contributed by atoms with Gasteiger partial charge in [0.2, 0.25) is 0 Å². The van der Waals surface area contributed by atoms with E-state index in [1.165, 1.54) is 18.9 Å². The van der Waals surface area contributed by atoms with E-state index in [9.17, 15) is 10.1 Å². The summed E-state index contributed by atoms with van der Waals surface area (Å²) < 4.78 is 5.60. The van der Waals surface area contributed by atoms with Crippen LogP contribution in [0.5, 0.6) is 5.75 Å². The van der Waals surface area contributed by atoms with Crippen LogP contribution in [-0.4, -0.2) is 49.6 Å². The SMILES string of the molecule is CN=C(NCc1ccccc1[N+](=O)[O-])NCC(c1ccccc1OC)N1CCCC1. The van der Waals surface area contributed by atoms with E-state index in [1.54, 1.807) is 32.4 Å². The number of ether oxygens (including phenoxy) is 1. The van der Waals surface area contributed by atoms with Crippen molar-refractivity contribution in [2.24, 2.45) is 4.99 Å². The first-order valence-electron chi connectivity index (χ1n) is 10.2. The fraction of sp³-hybridized carbons (Fsp3) is 0.409. The minimum atomic E-state index is -0.363. The Morgan fingerprint density at radius 1 is 1.17 bits per heavy atom. The maximum atomic E-state index is 11.2. The van der Waals surface area contributed by atoms with Gasteiger partial charge in [-0.15, -0.1) is 0 Å². The largest absolute Gasteiger partial charge is 0.496 e. The zero-order valence-electron chi connectivity index (χ0n) is 17.5. The summed E-state index contributed by atoms with van der Waals surface area (Å²) in [5.74, 6) is 1.48. The van der Waals surface area contributed by atoms with Crippen molar-refractivity contribution in [2.45, 2.75) is 25.4 Å². The molecule has 0 amide bonds. The van der Waals surface area contributed by atoms with Crippen molar-refractivity contribution in [3.8, 4) is 5.75 Å². The monoisotopic (exact) mass is 411 g/mol. The molecule has 8 nitrogen and oxygen atoms in total. The van der Waals surface area contributed by atoms with E-state index < -0.39 is 0 Å². The van der Waals surface area contributed by atoms with Crippen LogP contribution < -0.4 is 15.4 Å². The van der Waals surface area contributed by atoms with Crippen LogP contribution in [0.1, 0.15) is 30.0 Å². The van der Waals surface area contributed by atoms with Crippen LogP contribution in [0.3, 0.4) is 0 Å². The van der Waals surface area contributed by atoms with Crippen LogP contribution in [-0.2, 0) is 6.54 Å². The van der Waals surface area contributed by atoms with Crippen LogP contribution in [0, 0.1) is 10.1 Å². The number of benzene rings is 2. The summed E-state index contributed by atoms with van der Waals surface area (Å²) in [6.07, 6.45) is 2.38. The van der Waals surface area contributed by atoms with Gasteiger partial charge in [-0.05, 0) is 32.0 Å². The second-order valence-corrected chi connectivity index (χ2v) is 7.19. The molecule has 0 aromatic heterocycles. The molecule has 2 aromatic rings. The number of likely N-dealkylation sites (tertiary alicyclic amines) is 1. The molecule has 30 heavy (non-hydrogen) atoms. The fourth-order valence-electron chi connectivity index (χ4n) is 3.86. The Labute approximate surface area is 177 Å². The smallest absolute Gasteiger partial charge is 0.274 e. The van der Waals surface area contributed by atoms with Gasteiger partial charge in [0, 0.05) is 37.3 Å². The zero-order chi connectivity index (χ0) is 21.3. The number of nitro groups is 1. The number of nitrogens with one attached hydrogen (secondary N) is 2. The van der Waals surface area contributed by atoms with Crippen molar-refractivity contribution < 1.29 is 9.66 Å². The third kappa shape index (κ3) is 5.27. The first kappa shape index (κ1) is 21.6. The van der Waals surface area contributed by atoms with Crippen molar-refractivity contribution >= 4 is 11.6 Å². The summed E-state index contributed by atoms with van der Waals surface area (Å²) in [6.45, 7) is 3.07. The van der Waals surface area contributed by atoms with Gasteiger partial charge in [-0.3, -0.25) is 20.0 Å². The van der Waals surface area contributed by atoms with Gasteiger partial charge in [-0.1, -0.05) is 36.4 Å². The molecule has 0 spiro atoms. The van der Waals surface area contributed by atoms with E-state index in [2.05, 4.69) is 26.6 Å². The number of rotatable bonds is 8. The molecule has 0 aliphatic carbocycles. The molecule has 2 aromatic carbocycles. The Balaban J connectivity index is 1.69. The molecule has 160 valence electrons. The standard InChI is InChI=1S/C22H29N5O3/c1-23-22(24-15-17-9-3-5-11-19(17)27(28)29)25-16-20(26-13-7-8-14-26)18-10-4-6-12-21(18)30-2/h3-6,9-12,20H,7-8,13-16H2,1-2H3,(H2,23,24,25). The predicted octanol–water partition coefficient (Wildman–Crippen LogP) is 3.11. The maximum absolute atomic E-state index is 11.2. The molecular formula is C22H29N5O3. The van der Waals surface area contributed by atoms with Gasteiger partial charge < -0.3 is 15.4 Å². The third-order valence-electron chi connectivity index (χ3n) is 5.40. The summed E-state index contributed by atoms with van der Waals surface area (Å²) in [7, 11) is 3.39. The average molecular weight is 412 g/mol. The number of aliphatic imine (C=N–C) groups is 1.